The zero-order valence-electron chi connectivity index (χ0n) is 20.4. The normalized spacial score (nSPS) is 24.9. The molecule has 7 nitrogen and oxygen atoms in total. The number of amides is 2. The van der Waals surface area contributed by atoms with Crippen LogP contribution in [0.3, 0.4) is 0 Å². The molecule has 36 heavy (non-hydrogen) atoms. The quantitative estimate of drug-likeness (QED) is 0.529. The van der Waals surface area contributed by atoms with E-state index in [1.165, 1.54) is 0 Å². The molecule has 1 aliphatic heterocycles. The Labute approximate surface area is 211 Å². The van der Waals surface area contributed by atoms with Gasteiger partial charge in [0.25, 0.3) is 0 Å². The van der Waals surface area contributed by atoms with E-state index >= 15 is 0 Å². The van der Waals surface area contributed by atoms with E-state index in [0.717, 1.165) is 36.8 Å². The SMILES string of the molecule is O=C(NCCO)C1=CC(N(Cc2ccccc2)C(=O)CC2CCCC2)C(O)C2Oc3ccccc3C12. The molecule has 0 aromatic heterocycles. The van der Waals surface area contributed by atoms with Crippen LogP contribution in [-0.4, -0.2) is 58.3 Å². The predicted molar refractivity (Wildman–Crippen MR) is 135 cm³/mol. The van der Waals surface area contributed by atoms with E-state index in [-0.39, 0.29) is 25.0 Å². The maximum atomic E-state index is 13.7. The smallest absolute Gasteiger partial charge is 0.247 e. The van der Waals surface area contributed by atoms with Crippen molar-refractivity contribution in [1.82, 2.24) is 10.2 Å². The minimum Gasteiger partial charge on any atom is -0.486 e. The lowest BCUT2D eigenvalue weighted by molar-refractivity contribution is -0.139. The number of carbonyl (C=O) groups excluding carboxylic acids is 2. The molecule has 4 atom stereocenters. The lowest BCUT2D eigenvalue weighted by Gasteiger charge is -2.41. The number of nitrogens with one attached hydrogen (secondary N) is 1. The second-order valence-electron chi connectivity index (χ2n) is 10.0. The summed E-state index contributed by atoms with van der Waals surface area (Å²) in [6.07, 6.45) is 4.88. The summed E-state index contributed by atoms with van der Waals surface area (Å²) in [5.74, 6) is 0.205. The van der Waals surface area contributed by atoms with Gasteiger partial charge in [-0.1, -0.05) is 61.4 Å². The Morgan fingerprint density at radius 2 is 1.75 bits per heavy atom. The first-order valence-electron chi connectivity index (χ1n) is 12.9. The highest BCUT2D eigenvalue weighted by Gasteiger charge is 2.50. The Balaban J connectivity index is 1.52. The third-order valence-electron chi connectivity index (χ3n) is 7.69. The van der Waals surface area contributed by atoms with Crippen LogP contribution in [0.15, 0.2) is 66.2 Å². The average Bonchev–Trinajstić information content (AvgIpc) is 3.55. The Morgan fingerprint density at radius 1 is 1.03 bits per heavy atom. The van der Waals surface area contributed by atoms with E-state index in [9.17, 15) is 19.8 Å². The van der Waals surface area contributed by atoms with Crippen LogP contribution in [0.1, 0.15) is 49.1 Å². The molecule has 1 fully saturated rings. The van der Waals surface area contributed by atoms with Gasteiger partial charge in [0.05, 0.1) is 18.6 Å². The molecule has 1 heterocycles. The van der Waals surface area contributed by atoms with Gasteiger partial charge in [-0.15, -0.1) is 0 Å². The van der Waals surface area contributed by atoms with Crippen molar-refractivity contribution in [2.75, 3.05) is 13.2 Å². The number of para-hydroxylation sites is 1. The van der Waals surface area contributed by atoms with Crippen molar-refractivity contribution in [1.29, 1.82) is 0 Å². The van der Waals surface area contributed by atoms with Gasteiger partial charge in [0.15, 0.2) is 0 Å². The van der Waals surface area contributed by atoms with Gasteiger partial charge in [0.2, 0.25) is 11.8 Å². The van der Waals surface area contributed by atoms with E-state index in [0.29, 0.717) is 30.2 Å². The summed E-state index contributed by atoms with van der Waals surface area (Å²) in [4.78, 5) is 28.7. The number of hydrogen-bond donors (Lipinski definition) is 3. The van der Waals surface area contributed by atoms with E-state index in [1.807, 2.05) is 54.6 Å². The maximum Gasteiger partial charge on any atom is 0.247 e. The summed E-state index contributed by atoms with van der Waals surface area (Å²) in [6, 6.07) is 16.5. The number of hydrogen-bond acceptors (Lipinski definition) is 5. The van der Waals surface area contributed by atoms with Gasteiger partial charge in [0, 0.05) is 30.6 Å². The maximum absolute atomic E-state index is 13.7. The van der Waals surface area contributed by atoms with Crippen molar-refractivity contribution in [3.05, 3.63) is 77.4 Å². The van der Waals surface area contributed by atoms with E-state index in [4.69, 9.17) is 4.74 Å². The molecule has 2 aromatic rings. The summed E-state index contributed by atoms with van der Waals surface area (Å²) >= 11 is 0. The molecule has 0 spiro atoms. The standard InChI is InChI=1S/C29H34N2O5/c32-15-14-30-29(35)22-17-23(27(34)28-26(22)21-12-6-7-13-24(21)36-28)31(18-20-10-2-1-3-11-20)25(33)16-19-8-4-5-9-19/h1-3,6-7,10-13,17,19,23,26-28,32,34H,4-5,8-9,14-16,18H2,(H,30,35). The van der Waals surface area contributed by atoms with Crippen LogP contribution in [0, 0.1) is 5.92 Å². The van der Waals surface area contributed by atoms with Crippen molar-refractivity contribution in [2.45, 2.75) is 62.8 Å². The lowest BCUT2D eigenvalue weighted by atomic mass is 9.77. The molecule has 2 aliphatic carbocycles. The molecule has 1 saturated carbocycles. The zero-order valence-corrected chi connectivity index (χ0v) is 20.4. The minimum absolute atomic E-state index is 0.0184. The Kier molecular flexibility index (Phi) is 7.39. The number of fused-ring (bicyclic) bond motifs is 3. The Morgan fingerprint density at radius 3 is 2.50 bits per heavy atom. The van der Waals surface area contributed by atoms with Crippen LogP contribution in [0.2, 0.25) is 0 Å². The third kappa shape index (κ3) is 4.90. The number of aliphatic hydroxyl groups is 2. The number of benzene rings is 2. The Bertz CT molecular complexity index is 1110. The summed E-state index contributed by atoms with van der Waals surface area (Å²) in [7, 11) is 0. The first kappa shape index (κ1) is 24.5. The summed E-state index contributed by atoms with van der Waals surface area (Å²) in [5, 5.41) is 23.6. The molecule has 0 radical (unpaired) electrons. The molecule has 5 rings (SSSR count). The van der Waals surface area contributed by atoms with Crippen LogP contribution in [0.25, 0.3) is 0 Å². The predicted octanol–water partition coefficient (Wildman–Crippen LogP) is 2.92. The molecule has 2 aromatic carbocycles. The third-order valence-corrected chi connectivity index (χ3v) is 7.69. The fourth-order valence-electron chi connectivity index (χ4n) is 5.91. The highest BCUT2D eigenvalue weighted by atomic mass is 16.5. The van der Waals surface area contributed by atoms with E-state index in [2.05, 4.69) is 5.32 Å². The van der Waals surface area contributed by atoms with E-state index < -0.39 is 24.2 Å². The first-order chi connectivity index (χ1) is 17.6. The van der Waals surface area contributed by atoms with Crippen molar-refractivity contribution < 1.29 is 24.5 Å². The zero-order chi connectivity index (χ0) is 25.1. The molecule has 2 amide bonds. The number of ether oxygens (including phenoxy) is 1. The summed E-state index contributed by atoms with van der Waals surface area (Å²) in [5.41, 5.74) is 2.26. The molecule has 3 N–H and O–H groups in total. The molecule has 0 saturated heterocycles. The summed E-state index contributed by atoms with van der Waals surface area (Å²) in [6.45, 7) is 0.282. The van der Waals surface area contributed by atoms with Gasteiger partial charge in [0.1, 0.15) is 18.0 Å². The van der Waals surface area contributed by atoms with Crippen molar-refractivity contribution >= 4 is 11.8 Å². The molecular formula is C29H34N2O5. The van der Waals surface area contributed by atoms with Crippen molar-refractivity contribution in [3.8, 4) is 5.75 Å². The van der Waals surface area contributed by atoms with Crippen molar-refractivity contribution in [2.24, 2.45) is 5.92 Å². The fraction of sp³-hybridized carbons (Fsp3) is 0.448. The van der Waals surface area contributed by atoms with Gasteiger partial charge in [-0.2, -0.15) is 0 Å². The topological polar surface area (TPSA) is 99.1 Å². The molecule has 4 unspecified atom stereocenters. The Hall–Kier alpha value is -3.16. The molecule has 0 bridgehead atoms. The second kappa shape index (κ2) is 10.8. The van der Waals surface area contributed by atoms with Gasteiger partial charge < -0.3 is 25.2 Å². The summed E-state index contributed by atoms with van der Waals surface area (Å²) < 4.78 is 6.19. The number of nitrogens with zero attached hydrogens (tertiary/aromatic N) is 1. The van der Waals surface area contributed by atoms with Crippen LogP contribution < -0.4 is 10.1 Å². The lowest BCUT2D eigenvalue weighted by Crippen LogP contribution is -2.55. The second-order valence-corrected chi connectivity index (χ2v) is 10.0. The highest BCUT2D eigenvalue weighted by molar-refractivity contribution is 5.96. The molecular weight excluding hydrogens is 456 g/mol. The van der Waals surface area contributed by atoms with Gasteiger partial charge >= 0.3 is 0 Å². The average molecular weight is 491 g/mol. The van der Waals surface area contributed by atoms with Gasteiger partial charge in [-0.3, -0.25) is 9.59 Å². The first-order valence-corrected chi connectivity index (χ1v) is 12.9. The number of rotatable bonds is 8. The minimum atomic E-state index is -1.01. The van der Waals surface area contributed by atoms with Crippen LogP contribution in [-0.2, 0) is 16.1 Å². The van der Waals surface area contributed by atoms with Crippen LogP contribution in [0.4, 0.5) is 0 Å². The molecule has 7 heteroatoms. The largest absolute Gasteiger partial charge is 0.486 e. The van der Waals surface area contributed by atoms with E-state index in [1.54, 1.807) is 11.0 Å². The molecule has 190 valence electrons. The van der Waals surface area contributed by atoms with Gasteiger partial charge in [-0.05, 0) is 36.5 Å². The fourth-order valence-corrected chi connectivity index (χ4v) is 5.91. The monoisotopic (exact) mass is 490 g/mol. The van der Waals surface area contributed by atoms with Crippen LogP contribution in [0.5, 0.6) is 5.75 Å². The number of aliphatic hydroxyl groups excluding tert-OH is 2. The van der Waals surface area contributed by atoms with Gasteiger partial charge in [-0.25, -0.2) is 0 Å². The van der Waals surface area contributed by atoms with Crippen LogP contribution >= 0.6 is 0 Å². The number of carbonyl (C=O) groups is 2. The highest BCUT2D eigenvalue weighted by Crippen LogP contribution is 2.47. The molecule has 3 aliphatic rings. The van der Waals surface area contributed by atoms with Crippen molar-refractivity contribution in [3.63, 3.8) is 0 Å².